The Morgan fingerprint density at radius 3 is 2.86 bits per heavy atom. The maximum Gasteiger partial charge on any atom is 0.140 e. The van der Waals surface area contributed by atoms with E-state index in [-0.39, 0.29) is 0 Å². The minimum Gasteiger partial charge on any atom is -0.497 e. The summed E-state index contributed by atoms with van der Waals surface area (Å²) in [5.74, 6) is 1.89. The van der Waals surface area contributed by atoms with E-state index >= 15 is 0 Å². The lowest BCUT2D eigenvalue weighted by Crippen LogP contribution is -2.09. The van der Waals surface area contributed by atoms with Gasteiger partial charge in [0, 0.05) is 24.6 Å². The third-order valence-electron chi connectivity index (χ3n) is 4.27. The molecular weight excluding hydrogens is 276 g/mol. The first-order valence-corrected chi connectivity index (χ1v) is 7.54. The number of rotatable bonds is 3. The fourth-order valence-electron chi connectivity index (χ4n) is 3.06. The SMILES string of the molecule is COc1ccc2cc(-c3nccn3C3CCOC3)ccc2c1. The van der Waals surface area contributed by atoms with Gasteiger partial charge in [0.25, 0.3) is 0 Å². The molecule has 0 bridgehead atoms. The van der Waals surface area contributed by atoms with Crippen molar-refractivity contribution in [2.24, 2.45) is 0 Å². The Balaban J connectivity index is 1.76. The Kier molecular flexibility index (Phi) is 3.31. The van der Waals surface area contributed by atoms with E-state index in [2.05, 4.69) is 39.9 Å². The first-order valence-electron chi connectivity index (χ1n) is 7.54. The summed E-state index contributed by atoms with van der Waals surface area (Å²) in [7, 11) is 1.69. The average Bonchev–Trinajstić information content (AvgIpc) is 3.24. The zero-order chi connectivity index (χ0) is 14.9. The predicted octanol–water partition coefficient (Wildman–Crippen LogP) is 3.67. The summed E-state index contributed by atoms with van der Waals surface area (Å²) in [6, 6.07) is 12.9. The highest BCUT2D eigenvalue weighted by atomic mass is 16.5. The molecule has 4 heteroatoms. The van der Waals surface area contributed by atoms with Crippen molar-refractivity contribution in [2.75, 3.05) is 20.3 Å². The van der Waals surface area contributed by atoms with Crippen LogP contribution in [0, 0.1) is 0 Å². The second-order valence-corrected chi connectivity index (χ2v) is 5.60. The molecule has 1 atom stereocenters. The monoisotopic (exact) mass is 294 g/mol. The number of ether oxygens (including phenoxy) is 2. The van der Waals surface area contributed by atoms with Gasteiger partial charge in [0.2, 0.25) is 0 Å². The maximum absolute atomic E-state index is 5.51. The summed E-state index contributed by atoms with van der Waals surface area (Å²) in [6.07, 6.45) is 4.97. The number of aromatic nitrogens is 2. The molecule has 1 aliphatic heterocycles. The highest BCUT2D eigenvalue weighted by Crippen LogP contribution is 2.29. The molecule has 4 rings (SSSR count). The van der Waals surface area contributed by atoms with Gasteiger partial charge in [0.15, 0.2) is 0 Å². The predicted molar refractivity (Wildman–Crippen MR) is 86.2 cm³/mol. The van der Waals surface area contributed by atoms with E-state index in [1.165, 1.54) is 10.8 Å². The van der Waals surface area contributed by atoms with Crippen LogP contribution in [-0.4, -0.2) is 29.9 Å². The normalized spacial score (nSPS) is 18.0. The van der Waals surface area contributed by atoms with E-state index < -0.39 is 0 Å². The van der Waals surface area contributed by atoms with Crippen LogP contribution < -0.4 is 4.74 Å². The molecule has 1 aromatic heterocycles. The number of nitrogens with zero attached hydrogens (tertiary/aromatic N) is 2. The van der Waals surface area contributed by atoms with Crippen molar-refractivity contribution >= 4 is 10.8 Å². The van der Waals surface area contributed by atoms with Crippen LogP contribution in [0.4, 0.5) is 0 Å². The Labute approximate surface area is 129 Å². The average molecular weight is 294 g/mol. The van der Waals surface area contributed by atoms with Crippen LogP contribution in [0.1, 0.15) is 12.5 Å². The molecule has 0 radical (unpaired) electrons. The zero-order valence-corrected chi connectivity index (χ0v) is 12.5. The second-order valence-electron chi connectivity index (χ2n) is 5.60. The van der Waals surface area contributed by atoms with Crippen LogP contribution in [0.25, 0.3) is 22.2 Å². The van der Waals surface area contributed by atoms with E-state index in [0.29, 0.717) is 6.04 Å². The van der Waals surface area contributed by atoms with Gasteiger partial charge >= 0.3 is 0 Å². The summed E-state index contributed by atoms with van der Waals surface area (Å²) < 4.78 is 13.0. The van der Waals surface area contributed by atoms with Crippen LogP contribution in [0.2, 0.25) is 0 Å². The Morgan fingerprint density at radius 2 is 2.05 bits per heavy atom. The van der Waals surface area contributed by atoms with Crippen molar-refractivity contribution in [3.63, 3.8) is 0 Å². The first kappa shape index (κ1) is 13.3. The number of imidazole rings is 1. The van der Waals surface area contributed by atoms with Crippen molar-refractivity contribution in [3.05, 3.63) is 48.8 Å². The van der Waals surface area contributed by atoms with Crippen molar-refractivity contribution in [3.8, 4) is 17.1 Å². The molecule has 0 saturated carbocycles. The van der Waals surface area contributed by atoms with Crippen LogP contribution in [0.15, 0.2) is 48.8 Å². The zero-order valence-electron chi connectivity index (χ0n) is 12.5. The minimum atomic E-state index is 0.393. The van der Waals surface area contributed by atoms with E-state index in [0.717, 1.165) is 36.8 Å². The van der Waals surface area contributed by atoms with Crippen LogP contribution in [-0.2, 0) is 4.74 Å². The van der Waals surface area contributed by atoms with Crippen molar-refractivity contribution in [1.82, 2.24) is 9.55 Å². The Hall–Kier alpha value is -2.33. The topological polar surface area (TPSA) is 36.3 Å². The largest absolute Gasteiger partial charge is 0.497 e. The molecule has 22 heavy (non-hydrogen) atoms. The van der Waals surface area contributed by atoms with Crippen molar-refractivity contribution in [2.45, 2.75) is 12.5 Å². The minimum absolute atomic E-state index is 0.393. The van der Waals surface area contributed by atoms with Gasteiger partial charge in [-0.1, -0.05) is 18.2 Å². The molecule has 1 saturated heterocycles. The molecule has 2 heterocycles. The highest BCUT2D eigenvalue weighted by Gasteiger charge is 2.20. The standard InChI is InChI=1S/C18H18N2O2/c1-21-17-5-4-13-10-15(3-2-14(13)11-17)18-19-7-8-20(18)16-6-9-22-12-16/h2-5,7-8,10-11,16H,6,9,12H2,1H3. The Morgan fingerprint density at radius 1 is 1.18 bits per heavy atom. The van der Waals surface area contributed by atoms with Crippen molar-refractivity contribution < 1.29 is 9.47 Å². The van der Waals surface area contributed by atoms with Gasteiger partial charge in [-0.05, 0) is 35.4 Å². The fraction of sp³-hybridized carbons (Fsp3) is 0.278. The molecule has 1 unspecified atom stereocenters. The lowest BCUT2D eigenvalue weighted by atomic mass is 10.1. The van der Waals surface area contributed by atoms with Gasteiger partial charge in [0.1, 0.15) is 11.6 Å². The smallest absolute Gasteiger partial charge is 0.140 e. The van der Waals surface area contributed by atoms with Gasteiger partial charge in [0.05, 0.1) is 19.8 Å². The number of fused-ring (bicyclic) bond motifs is 1. The molecule has 0 spiro atoms. The van der Waals surface area contributed by atoms with Gasteiger partial charge in [-0.2, -0.15) is 0 Å². The molecular formula is C18H18N2O2. The van der Waals surface area contributed by atoms with Crippen LogP contribution in [0.3, 0.4) is 0 Å². The molecule has 0 N–H and O–H groups in total. The fourth-order valence-corrected chi connectivity index (χ4v) is 3.06. The molecule has 1 aliphatic rings. The summed E-state index contributed by atoms with van der Waals surface area (Å²) in [4.78, 5) is 4.55. The second kappa shape index (κ2) is 5.46. The molecule has 1 fully saturated rings. The number of methoxy groups -OCH3 is 1. The lowest BCUT2D eigenvalue weighted by molar-refractivity contribution is 0.187. The summed E-state index contributed by atoms with van der Waals surface area (Å²) in [5.41, 5.74) is 1.13. The van der Waals surface area contributed by atoms with Gasteiger partial charge in [-0.3, -0.25) is 0 Å². The molecule has 0 aliphatic carbocycles. The molecule has 0 amide bonds. The number of hydrogen-bond donors (Lipinski definition) is 0. The summed E-state index contributed by atoms with van der Waals surface area (Å²) >= 11 is 0. The van der Waals surface area contributed by atoms with Crippen LogP contribution >= 0.6 is 0 Å². The summed E-state index contributed by atoms with van der Waals surface area (Å²) in [6.45, 7) is 1.61. The summed E-state index contributed by atoms with van der Waals surface area (Å²) in [5, 5.41) is 2.36. The quantitative estimate of drug-likeness (QED) is 0.739. The first-order chi connectivity index (χ1) is 10.8. The number of benzene rings is 2. The highest BCUT2D eigenvalue weighted by molar-refractivity contribution is 5.87. The molecule has 3 aromatic rings. The van der Waals surface area contributed by atoms with E-state index in [1.54, 1.807) is 7.11 Å². The Bertz CT molecular complexity index is 804. The lowest BCUT2D eigenvalue weighted by Gasteiger charge is -2.14. The van der Waals surface area contributed by atoms with E-state index in [4.69, 9.17) is 9.47 Å². The van der Waals surface area contributed by atoms with E-state index in [9.17, 15) is 0 Å². The molecule has 112 valence electrons. The van der Waals surface area contributed by atoms with E-state index in [1.807, 2.05) is 18.5 Å². The van der Waals surface area contributed by atoms with Gasteiger partial charge in [-0.15, -0.1) is 0 Å². The third-order valence-corrected chi connectivity index (χ3v) is 4.27. The van der Waals surface area contributed by atoms with Crippen LogP contribution in [0.5, 0.6) is 5.75 Å². The van der Waals surface area contributed by atoms with Crippen molar-refractivity contribution in [1.29, 1.82) is 0 Å². The molecule has 4 nitrogen and oxygen atoms in total. The van der Waals surface area contributed by atoms with Gasteiger partial charge in [-0.25, -0.2) is 4.98 Å². The third kappa shape index (κ3) is 2.25. The van der Waals surface area contributed by atoms with Gasteiger partial charge < -0.3 is 14.0 Å². The maximum atomic E-state index is 5.51. The molecule has 2 aromatic carbocycles. The number of hydrogen-bond acceptors (Lipinski definition) is 3.